The van der Waals surface area contributed by atoms with E-state index in [9.17, 15) is 9.50 Å². The molecule has 19 heavy (non-hydrogen) atoms. The van der Waals surface area contributed by atoms with Crippen molar-refractivity contribution < 1.29 is 9.50 Å². The van der Waals surface area contributed by atoms with E-state index in [4.69, 9.17) is 0 Å². The zero-order valence-electron chi connectivity index (χ0n) is 11.8. The lowest BCUT2D eigenvalue weighted by Gasteiger charge is -2.37. The van der Waals surface area contributed by atoms with Crippen molar-refractivity contribution in [2.75, 3.05) is 37.6 Å². The fraction of sp³-hybridized carbons (Fsp3) is 0.600. The number of benzene rings is 1. The van der Waals surface area contributed by atoms with Gasteiger partial charge >= 0.3 is 0 Å². The predicted molar refractivity (Wildman–Crippen MR) is 76.0 cm³/mol. The first-order valence-corrected chi connectivity index (χ1v) is 7.06. The molecular formula is C15H23FN2O. The van der Waals surface area contributed by atoms with Gasteiger partial charge in [-0.1, -0.05) is 6.92 Å². The summed E-state index contributed by atoms with van der Waals surface area (Å²) in [6.45, 7) is 8.95. The molecule has 0 amide bonds. The van der Waals surface area contributed by atoms with Gasteiger partial charge in [-0.3, -0.25) is 4.90 Å². The molecule has 1 N–H and O–H groups in total. The summed E-state index contributed by atoms with van der Waals surface area (Å²) >= 11 is 0. The van der Waals surface area contributed by atoms with E-state index in [2.05, 4.69) is 16.7 Å². The van der Waals surface area contributed by atoms with E-state index in [1.54, 1.807) is 13.0 Å². The number of rotatable bonds is 4. The minimum atomic E-state index is -0.639. The van der Waals surface area contributed by atoms with Crippen LogP contribution in [0.4, 0.5) is 10.1 Å². The monoisotopic (exact) mass is 266 g/mol. The number of hydrogen-bond donors (Lipinski definition) is 1. The summed E-state index contributed by atoms with van der Waals surface area (Å²) in [7, 11) is 0. The van der Waals surface area contributed by atoms with Gasteiger partial charge in [-0.15, -0.1) is 0 Å². The minimum Gasteiger partial charge on any atom is -0.389 e. The van der Waals surface area contributed by atoms with E-state index in [-0.39, 0.29) is 5.82 Å². The molecular weight excluding hydrogens is 243 g/mol. The smallest absolute Gasteiger partial charge is 0.123 e. The maximum Gasteiger partial charge on any atom is 0.123 e. The van der Waals surface area contributed by atoms with E-state index in [1.807, 2.05) is 0 Å². The van der Waals surface area contributed by atoms with Crippen LogP contribution in [0.1, 0.15) is 31.9 Å². The third-order valence-electron chi connectivity index (χ3n) is 3.69. The van der Waals surface area contributed by atoms with Gasteiger partial charge < -0.3 is 10.0 Å². The molecule has 106 valence electrons. The minimum absolute atomic E-state index is 0.288. The van der Waals surface area contributed by atoms with Gasteiger partial charge in [0, 0.05) is 37.4 Å². The first kappa shape index (κ1) is 14.3. The van der Waals surface area contributed by atoms with E-state index in [0.717, 1.165) is 38.4 Å². The van der Waals surface area contributed by atoms with E-state index in [1.165, 1.54) is 18.6 Å². The van der Waals surface area contributed by atoms with Crippen LogP contribution < -0.4 is 4.90 Å². The van der Waals surface area contributed by atoms with Crippen molar-refractivity contribution in [3.63, 3.8) is 0 Å². The van der Waals surface area contributed by atoms with Crippen LogP contribution in [-0.2, 0) is 0 Å². The van der Waals surface area contributed by atoms with Gasteiger partial charge in [0.15, 0.2) is 0 Å². The summed E-state index contributed by atoms with van der Waals surface area (Å²) in [6.07, 6.45) is 0.537. The number of anilines is 1. The Balaban J connectivity index is 2.11. The molecule has 1 heterocycles. The molecule has 3 nitrogen and oxygen atoms in total. The summed E-state index contributed by atoms with van der Waals surface area (Å²) in [5, 5.41) is 9.79. The van der Waals surface area contributed by atoms with Crippen LogP contribution in [0, 0.1) is 5.82 Å². The summed E-state index contributed by atoms with van der Waals surface area (Å²) in [5.41, 5.74) is 1.65. The molecule has 1 atom stereocenters. The molecule has 0 bridgehead atoms. The van der Waals surface area contributed by atoms with Crippen LogP contribution >= 0.6 is 0 Å². The van der Waals surface area contributed by atoms with Gasteiger partial charge in [0.1, 0.15) is 5.82 Å². The van der Waals surface area contributed by atoms with Crippen LogP contribution in [0.25, 0.3) is 0 Å². The van der Waals surface area contributed by atoms with Crippen LogP contribution in [0.15, 0.2) is 18.2 Å². The van der Waals surface area contributed by atoms with Crippen LogP contribution in [0.2, 0.25) is 0 Å². The highest BCUT2D eigenvalue weighted by atomic mass is 19.1. The Morgan fingerprint density at radius 1 is 1.26 bits per heavy atom. The fourth-order valence-electron chi connectivity index (χ4n) is 2.68. The molecule has 0 saturated carbocycles. The zero-order chi connectivity index (χ0) is 13.8. The average molecular weight is 266 g/mol. The molecule has 4 heteroatoms. The average Bonchev–Trinajstić information content (AvgIpc) is 2.40. The maximum atomic E-state index is 13.3. The normalized spacial score (nSPS) is 18.6. The molecule has 0 radical (unpaired) electrons. The van der Waals surface area contributed by atoms with E-state index >= 15 is 0 Å². The molecule has 0 aliphatic carbocycles. The number of nitrogens with zero attached hydrogens (tertiary/aromatic N) is 2. The van der Waals surface area contributed by atoms with E-state index in [0.29, 0.717) is 5.56 Å². The molecule has 1 aromatic carbocycles. The molecule has 1 aliphatic heterocycles. The van der Waals surface area contributed by atoms with E-state index < -0.39 is 6.10 Å². The summed E-state index contributed by atoms with van der Waals surface area (Å²) in [5.74, 6) is -0.288. The van der Waals surface area contributed by atoms with Crippen molar-refractivity contribution in [1.82, 2.24) is 4.90 Å². The van der Waals surface area contributed by atoms with Crippen molar-refractivity contribution in [3.05, 3.63) is 29.6 Å². The van der Waals surface area contributed by atoms with Crippen molar-refractivity contribution in [3.8, 4) is 0 Å². The highest BCUT2D eigenvalue weighted by molar-refractivity contribution is 5.55. The molecule has 0 spiro atoms. The highest BCUT2D eigenvalue weighted by Gasteiger charge is 2.20. The third-order valence-corrected chi connectivity index (χ3v) is 3.69. The van der Waals surface area contributed by atoms with Crippen LogP contribution in [-0.4, -0.2) is 42.7 Å². The van der Waals surface area contributed by atoms with Crippen LogP contribution in [0.5, 0.6) is 0 Å². The molecule has 1 aromatic rings. The van der Waals surface area contributed by atoms with Gasteiger partial charge in [0.2, 0.25) is 0 Å². The summed E-state index contributed by atoms with van der Waals surface area (Å²) < 4.78 is 13.3. The first-order chi connectivity index (χ1) is 9.11. The Kier molecular flexibility index (Phi) is 4.77. The number of aliphatic hydroxyl groups excluding tert-OH is 1. The number of halogens is 1. The van der Waals surface area contributed by atoms with Crippen molar-refractivity contribution >= 4 is 5.69 Å². The number of piperazine rings is 1. The van der Waals surface area contributed by atoms with Crippen molar-refractivity contribution in [2.45, 2.75) is 26.4 Å². The SMILES string of the molecule is CCCN1CCN(c2ccc(F)cc2[C@@H](C)O)CC1. The van der Waals surface area contributed by atoms with Crippen molar-refractivity contribution in [1.29, 1.82) is 0 Å². The second-order valence-electron chi connectivity index (χ2n) is 5.21. The summed E-state index contributed by atoms with van der Waals surface area (Å²) in [4.78, 5) is 4.69. The predicted octanol–water partition coefficient (Wildman–Crippen LogP) is 2.41. The third kappa shape index (κ3) is 3.45. The Labute approximate surface area is 114 Å². The second kappa shape index (κ2) is 6.35. The Morgan fingerprint density at radius 2 is 1.95 bits per heavy atom. The number of aliphatic hydroxyl groups is 1. The highest BCUT2D eigenvalue weighted by Crippen LogP contribution is 2.28. The molecule has 1 saturated heterocycles. The second-order valence-corrected chi connectivity index (χ2v) is 5.21. The van der Waals surface area contributed by atoms with Crippen LogP contribution in [0.3, 0.4) is 0 Å². The molecule has 1 aliphatic rings. The Hall–Kier alpha value is -1.13. The fourth-order valence-corrected chi connectivity index (χ4v) is 2.68. The lowest BCUT2D eigenvalue weighted by atomic mass is 10.1. The standard InChI is InChI=1S/C15H23FN2O/c1-3-6-17-7-9-18(10-8-17)15-5-4-13(16)11-14(15)12(2)19/h4-5,11-12,19H,3,6-10H2,1-2H3/t12-/m1/s1. The van der Waals surface area contributed by atoms with Gasteiger partial charge in [0.25, 0.3) is 0 Å². The Bertz CT molecular complexity index is 415. The van der Waals surface area contributed by atoms with Crippen molar-refractivity contribution in [2.24, 2.45) is 0 Å². The molecule has 1 fully saturated rings. The molecule has 0 aromatic heterocycles. The lowest BCUT2D eigenvalue weighted by molar-refractivity contribution is 0.198. The quantitative estimate of drug-likeness (QED) is 0.906. The van der Waals surface area contributed by atoms with Gasteiger partial charge in [-0.05, 0) is 38.1 Å². The van der Waals surface area contributed by atoms with Gasteiger partial charge in [0.05, 0.1) is 6.10 Å². The summed E-state index contributed by atoms with van der Waals surface area (Å²) in [6, 6.07) is 4.70. The first-order valence-electron chi connectivity index (χ1n) is 7.06. The molecule has 2 rings (SSSR count). The van der Waals surface area contributed by atoms with Gasteiger partial charge in [-0.25, -0.2) is 4.39 Å². The molecule has 0 unspecified atom stereocenters. The largest absolute Gasteiger partial charge is 0.389 e. The lowest BCUT2D eigenvalue weighted by Crippen LogP contribution is -2.46. The Morgan fingerprint density at radius 3 is 2.53 bits per heavy atom. The topological polar surface area (TPSA) is 26.7 Å². The zero-order valence-corrected chi connectivity index (χ0v) is 11.8. The number of hydrogen-bond acceptors (Lipinski definition) is 3. The van der Waals surface area contributed by atoms with Gasteiger partial charge in [-0.2, -0.15) is 0 Å². The maximum absolute atomic E-state index is 13.3.